The molecule has 7 heteroatoms. The molecule has 110 valence electrons. The van der Waals surface area contributed by atoms with Gasteiger partial charge in [-0.05, 0) is 17.7 Å². The third kappa shape index (κ3) is 3.27. The highest BCUT2D eigenvalue weighted by Crippen LogP contribution is 2.34. The van der Waals surface area contributed by atoms with Gasteiger partial charge in [0.05, 0.1) is 17.6 Å². The molecule has 0 amide bonds. The number of hydrogen-bond acceptors (Lipinski definition) is 3. The molecule has 0 fully saturated rings. The Kier molecular flexibility index (Phi) is 4.62. The first-order valence-corrected chi connectivity index (χ1v) is 8.71. The van der Waals surface area contributed by atoms with Crippen LogP contribution in [0.4, 0.5) is 4.39 Å². The SMILES string of the molecule is CS(=O)(=O)c1ccc([C@@H]2NC(C(Cl)Cl)=C[C@@H]2CF)cc1. The molecule has 3 nitrogen and oxygen atoms in total. The molecule has 20 heavy (non-hydrogen) atoms. The third-order valence-corrected chi connectivity index (χ3v) is 4.82. The van der Waals surface area contributed by atoms with Crippen molar-refractivity contribution < 1.29 is 12.8 Å². The Hall–Kier alpha value is -0.780. The molecule has 1 N–H and O–H groups in total. The summed E-state index contributed by atoms with van der Waals surface area (Å²) in [5.74, 6) is -0.367. The standard InChI is InChI=1S/C13H14Cl2FNO2S/c1-20(18,19)10-4-2-8(3-5-10)12-9(7-16)6-11(17-12)13(14)15/h2-6,9,12-13,17H,7H2,1H3/t9-,12+/m1/s1. The zero-order valence-corrected chi connectivity index (χ0v) is 13.0. The topological polar surface area (TPSA) is 46.2 Å². The summed E-state index contributed by atoms with van der Waals surface area (Å²) in [6.07, 6.45) is 2.82. The number of rotatable bonds is 4. The third-order valence-electron chi connectivity index (χ3n) is 3.22. The van der Waals surface area contributed by atoms with E-state index in [4.69, 9.17) is 23.2 Å². The maximum atomic E-state index is 13.1. The Morgan fingerprint density at radius 2 is 1.90 bits per heavy atom. The Morgan fingerprint density at radius 1 is 1.30 bits per heavy atom. The molecule has 1 heterocycles. The van der Waals surface area contributed by atoms with Gasteiger partial charge in [-0.15, -0.1) is 0 Å². The van der Waals surface area contributed by atoms with Gasteiger partial charge in [-0.1, -0.05) is 41.4 Å². The van der Waals surface area contributed by atoms with Crippen LogP contribution in [0.5, 0.6) is 0 Å². The van der Waals surface area contributed by atoms with E-state index in [1.54, 1.807) is 18.2 Å². The summed E-state index contributed by atoms with van der Waals surface area (Å²) in [6.45, 7) is -0.546. The summed E-state index contributed by atoms with van der Waals surface area (Å²) in [5, 5.41) is 3.07. The summed E-state index contributed by atoms with van der Waals surface area (Å²) in [4.78, 5) is -0.499. The molecule has 0 spiro atoms. The summed E-state index contributed by atoms with van der Waals surface area (Å²) < 4.78 is 35.9. The van der Waals surface area contributed by atoms with Gasteiger partial charge in [-0.2, -0.15) is 0 Å². The molecule has 0 unspecified atom stereocenters. The average molecular weight is 338 g/mol. The molecule has 0 bridgehead atoms. The smallest absolute Gasteiger partial charge is 0.175 e. The highest BCUT2D eigenvalue weighted by atomic mass is 35.5. The molecule has 1 aliphatic rings. The molecular formula is C13H14Cl2FNO2S. The van der Waals surface area contributed by atoms with Crippen LogP contribution in [-0.2, 0) is 9.84 Å². The largest absolute Gasteiger partial charge is 0.379 e. The van der Waals surface area contributed by atoms with E-state index in [9.17, 15) is 12.8 Å². The van der Waals surface area contributed by atoms with Crippen LogP contribution in [0.25, 0.3) is 0 Å². The van der Waals surface area contributed by atoms with Gasteiger partial charge in [0.25, 0.3) is 0 Å². The summed E-state index contributed by atoms with van der Waals surface area (Å²) in [6, 6.07) is 6.08. The van der Waals surface area contributed by atoms with E-state index < -0.39 is 21.3 Å². The van der Waals surface area contributed by atoms with Gasteiger partial charge in [-0.3, -0.25) is 4.39 Å². The number of alkyl halides is 3. The van der Waals surface area contributed by atoms with Crippen molar-refractivity contribution in [3.05, 3.63) is 41.6 Å². The Morgan fingerprint density at radius 3 is 2.35 bits per heavy atom. The van der Waals surface area contributed by atoms with E-state index in [1.165, 1.54) is 12.1 Å². The van der Waals surface area contributed by atoms with Gasteiger partial charge in [0.15, 0.2) is 9.84 Å². The van der Waals surface area contributed by atoms with Crippen LogP contribution in [0.15, 0.2) is 40.9 Å². The first-order chi connectivity index (χ1) is 9.32. The number of allylic oxidation sites excluding steroid dienone is 1. The summed E-state index contributed by atoms with van der Waals surface area (Å²) in [5.41, 5.74) is 1.37. The number of benzene rings is 1. The Bertz CT molecular complexity index is 614. The predicted molar refractivity (Wildman–Crippen MR) is 78.5 cm³/mol. The number of hydrogen-bond donors (Lipinski definition) is 1. The molecule has 0 aliphatic carbocycles. The lowest BCUT2D eigenvalue weighted by molar-refractivity contribution is 0.363. The van der Waals surface area contributed by atoms with E-state index >= 15 is 0 Å². The molecule has 2 rings (SSSR count). The van der Waals surface area contributed by atoms with Crippen molar-refractivity contribution >= 4 is 33.0 Å². The molecule has 1 aromatic carbocycles. The normalized spacial score (nSPS) is 22.8. The van der Waals surface area contributed by atoms with E-state index in [1.807, 2.05) is 0 Å². The zero-order chi connectivity index (χ0) is 14.9. The van der Waals surface area contributed by atoms with Gasteiger partial charge in [0.2, 0.25) is 0 Å². The first-order valence-electron chi connectivity index (χ1n) is 5.95. The second-order valence-corrected chi connectivity index (χ2v) is 7.82. The van der Waals surface area contributed by atoms with Crippen LogP contribution in [-0.4, -0.2) is 26.2 Å². The molecule has 2 atom stereocenters. The van der Waals surface area contributed by atoms with Gasteiger partial charge in [-0.25, -0.2) is 8.42 Å². The average Bonchev–Trinajstić information content (AvgIpc) is 2.82. The Labute approximate surface area is 127 Å². The number of nitrogens with one attached hydrogen (secondary N) is 1. The Balaban J connectivity index is 2.25. The zero-order valence-electron chi connectivity index (χ0n) is 10.7. The number of halogens is 3. The van der Waals surface area contributed by atoms with Gasteiger partial charge >= 0.3 is 0 Å². The van der Waals surface area contributed by atoms with E-state index in [0.717, 1.165) is 11.8 Å². The highest BCUT2D eigenvalue weighted by molar-refractivity contribution is 7.90. The maximum Gasteiger partial charge on any atom is 0.175 e. The predicted octanol–water partition coefficient (Wildman–Crippen LogP) is 3.01. The van der Waals surface area contributed by atoms with E-state index in [2.05, 4.69) is 5.32 Å². The minimum absolute atomic E-state index is 0.233. The molecular weight excluding hydrogens is 324 g/mol. The van der Waals surface area contributed by atoms with Crippen LogP contribution in [0.2, 0.25) is 0 Å². The molecule has 1 aliphatic heterocycles. The van der Waals surface area contributed by atoms with Crippen LogP contribution in [0.1, 0.15) is 11.6 Å². The quantitative estimate of drug-likeness (QED) is 0.859. The molecule has 0 aromatic heterocycles. The number of sulfone groups is 1. The van der Waals surface area contributed by atoms with Crippen molar-refractivity contribution in [3.63, 3.8) is 0 Å². The second-order valence-electron chi connectivity index (χ2n) is 4.70. The van der Waals surface area contributed by atoms with E-state index in [-0.39, 0.29) is 16.9 Å². The fourth-order valence-electron chi connectivity index (χ4n) is 2.18. The molecule has 0 radical (unpaired) electrons. The minimum atomic E-state index is -3.24. The van der Waals surface area contributed by atoms with Crippen molar-refractivity contribution in [2.45, 2.75) is 15.8 Å². The van der Waals surface area contributed by atoms with Crippen LogP contribution >= 0.6 is 23.2 Å². The fraction of sp³-hybridized carbons (Fsp3) is 0.385. The summed E-state index contributed by atoms with van der Waals surface area (Å²) >= 11 is 11.6. The van der Waals surface area contributed by atoms with Crippen molar-refractivity contribution in [2.24, 2.45) is 5.92 Å². The molecule has 1 aromatic rings. The van der Waals surface area contributed by atoms with E-state index in [0.29, 0.717) is 5.70 Å². The second kappa shape index (κ2) is 5.92. The fourth-order valence-corrected chi connectivity index (χ4v) is 3.09. The van der Waals surface area contributed by atoms with Crippen molar-refractivity contribution in [1.82, 2.24) is 5.32 Å². The lowest BCUT2D eigenvalue weighted by atomic mass is 9.96. The molecule has 0 saturated carbocycles. The van der Waals surface area contributed by atoms with Gasteiger partial charge in [0.1, 0.15) is 4.84 Å². The monoisotopic (exact) mass is 337 g/mol. The van der Waals surface area contributed by atoms with Crippen molar-refractivity contribution in [3.8, 4) is 0 Å². The van der Waals surface area contributed by atoms with Crippen molar-refractivity contribution in [1.29, 1.82) is 0 Å². The van der Waals surface area contributed by atoms with Gasteiger partial charge in [0, 0.05) is 17.9 Å². The highest BCUT2D eigenvalue weighted by Gasteiger charge is 2.30. The molecule has 0 saturated heterocycles. The lowest BCUT2D eigenvalue weighted by Gasteiger charge is -2.19. The minimum Gasteiger partial charge on any atom is -0.379 e. The van der Waals surface area contributed by atoms with Crippen molar-refractivity contribution in [2.75, 3.05) is 12.9 Å². The van der Waals surface area contributed by atoms with Crippen LogP contribution in [0.3, 0.4) is 0 Å². The summed E-state index contributed by atoms with van der Waals surface area (Å²) in [7, 11) is -3.24. The van der Waals surface area contributed by atoms with Crippen LogP contribution in [0, 0.1) is 5.92 Å². The first kappa shape index (κ1) is 15.6. The van der Waals surface area contributed by atoms with Gasteiger partial charge < -0.3 is 5.32 Å². The lowest BCUT2D eigenvalue weighted by Crippen LogP contribution is -2.22. The maximum absolute atomic E-state index is 13.1. The van der Waals surface area contributed by atoms with Crippen LogP contribution < -0.4 is 5.32 Å².